The average Bonchev–Trinajstić information content (AvgIpc) is 3.27. The van der Waals surface area contributed by atoms with Gasteiger partial charge in [0.15, 0.2) is 5.25 Å². The molecule has 0 aliphatic heterocycles. The first-order valence-electron chi connectivity index (χ1n) is 6.94. The Morgan fingerprint density at radius 2 is 1.82 bits per heavy atom. The van der Waals surface area contributed by atoms with Crippen molar-refractivity contribution in [1.82, 2.24) is 4.31 Å². The second kappa shape index (κ2) is 6.17. The van der Waals surface area contributed by atoms with E-state index in [1.807, 2.05) is 0 Å². The molecule has 1 aromatic carbocycles. The van der Waals surface area contributed by atoms with Crippen LogP contribution < -0.4 is 0 Å². The zero-order valence-electron chi connectivity index (χ0n) is 12.0. The third kappa shape index (κ3) is 3.80. The number of aliphatic hydroxyl groups excluding tert-OH is 1. The fourth-order valence-corrected chi connectivity index (χ4v) is 3.87. The second-order valence-electron chi connectivity index (χ2n) is 5.46. The van der Waals surface area contributed by atoms with E-state index in [0.717, 1.165) is 4.31 Å². The summed E-state index contributed by atoms with van der Waals surface area (Å²) in [6.45, 7) is 0.275. The Morgan fingerprint density at radius 1 is 1.27 bits per heavy atom. The Balaban J connectivity index is 2.20. The first-order valence-corrected chi connectivity index (χ1v) is 8.44. The van der Waals surface area contributed by atoms with E-state index < -0.39 is 33.6 Å². The van der Waals surface area contributed by atoms with Crippen molar-refractivity contribution in [1.29, 1.82) is 0 Å². The molecule has 1 N–H and O–H groups in total. The van der Waals surface area contributed by atoms with Crippen molar-refractivity contribution < 1.29 is 26.7 Å². The Bertz CT molecular complexity index is 600. The first kappa shape index (κ1) is 17.2. The zero-order valence-corrected chi connectivity index (χ0v) is 12.8. The van der Waals surface area contributed by atoms with Gasteiger partial charge in [0, 0.05) is 12.6 Å². The summed E-state index contributed by atoms with van der Waals surface area (Å²) in [5, 5.41) is 7.65. The predicted octanol–water partition coefficient (Wildman–Crippen LogP) is 2.47. The second-order valence-corrected chi connectivity index (χ2v) is 7.66. The normalized spacial score (nSPS) is 19.2. The number of halogens is 3. The molecule has 0 spiro atoms. The molecule has 22 heavy (non-hydrogen) atoms. The van der Waals surface area contributed by atoms with Gasteiger partial charge >= 0.3 is 6.18 Å². The van der Waals surface area contributed by atoms with Crippen molar-refractivity contribution >= 4 is 10.0 Å². The Hall–Kier alpha value is -1.12. The predicted molar refractivity (Wildman–Crippen MR) is 75.6 cm³/mol. The summed E-state index contributed by atoms with van der Waals surface area (Å²) in [5.74, 6) is 0. The summed E-state index contributed by atoms with van der Waals surface area (Å²) in [6, 6.07) is 7.84. The molecule has 0 radical (unpaired) electrons. The lowest BCUT2D eigenvalue weighted by atomic mass is 10.1. The first-order chi connectivity index (χ1) is 10.1. The molecule has 8 heteroatoms. The largest absolute Gasteiger partial charge is 0.406 e. The fraction of sp³-hybridized carbons (Fsp3) is 0.571. The smallest absolute Gasteiger partial charge is 0.387 e. The van der Waals surface area contributed by atoms with Gasteiger partial charge in [0.1, 0.15) is 0 Å². The number of sulfonamides is 1. The van der Waals surface area contributed by atoms with Crippen LogP contribution in [0.5, 0.6) is 0 Å². The molecule has 2 atom stereocenters. The molecule has 0 amide bonds. The van der Waals surface area contributed by atoms with Gasteiger partial charge in [-0.3, -0.25) is 0 Å². The molecule has 2 rings (SSSR count). The minimum absolute atomic E-state index is 0.364. The number of hydrogen-bond donors (Lipinski definition) is 1. The van der Waals surface area contributed by atoms with E-state index in [4.69, 9.17) is 0 Å². The van der Waals surface area contributed by atoms with E-state index in [9.17, 15) is 26.7 Å². The van der Waals surface area contributed by atoms with Gasteiger partial charge in [-0.05, 0) is 25.3 Å². The molecule has 124 valence electrons. The molecule has 0 unspecified atom stereocenters. The highest BCUT2D eigenvalue weighted by Crippen LogP contribution is 2.36. The van der Waals surface area contributed by atoms with Crippen LogP contribution >= 0.6 is 0 Å². The van der Waals surface area contributed by atoms with Gasteiger partial charge < -0.3 is 5.11 Å². The number of hydrogen-bond acceptors (Lipinski definition) is 3. The molecule has 0 aromatic heterocycles. The van der Waals surface area contributed by atoms with E-state index in [1.54, 1.807) is 30.3 Å². The quantitative estimate of drug-likeness (QED) is 0.867. The van der Waals surface area contributed by atoms with Crippen molar-refractivity contribution in [2.75, 3.05) is 6.54 Å². The zero-order chi connectivity index (χ0) is 16.5. The topological polar surface area (TPSA) is 57.6 Å². The summed E-state index contributed by atoms with van der Waals surface area (Å²) >= 11 is 0. The lowest BCUT2D eigenvalue weighted by Crippen LogP contribution is -2.46. The summed E-state index contributed by atoms with van der Waals surface area (Å²) in [5.41, 5.74) is 0.475. The van der Waals surface area contributed by atoms with Crippen LogP contribution in [-0.2, 0) is 10.0 Å². The van der Waals surface area contributed by atoms with E-state index in [0.29, 0.717) is 25.3 Å². The van der Waals surface area contributed by atoms with Gasteiger partial charge in [-0.25, -0.2) is 8.42 Å². The highest BCUT2D eigenvalue weighted by Gasteiger charge is 2.51. The van der Waals surface area contributed by atoms with E-state index in [2.05, 4.69) is 0 Å². The lowest BCUT2D eigenvalue weighted by Gasteiger charge is -2.28. The number of aliphatic hydroxyl groups is 1. The van der Waals surface area contributed by atoms with Crippen LogP contribution in [0.15, 0.2) is 30.3 Å². The molecule has 0 saturated heterocycles. The van der Waals surface area contributed by atoms with Gasteiger partial charge in [0.25, 0.3) is 0 Å². The maximum atomic E-state index is 12.8. The Morgan fingerprint density at radius 3 is 2.27 bits per heavy atom. The van der Waals surface area contributed by atoms with Crippen molar-refractivity contribution in [2.45, 2.75) is 43.3 Å². The molecule has 4 nitrogen and oxygen atoms in total. The summed E-state index contributed by atoms with van der Waals surface area (Å²) in [4.78, 5) is 0. The number of rotatable bonds is 6. The van der Waals surface area contributed by atoms with Gasteiger partial charge in [0.05, 0.1) is 6.10 Å². The van der Waals surface area contributed by atoms with Crippen molar-refractivity contribution in [3.05, 3.63) is 35.9 Å². The molecule has 1 aliphatic carbocycles. The Labute approximate surface area is 127 Å². The highest BCUT2D eigenvalue weighted by atomic mass is 32.2. The highest BCUT2D eigenvalue weighted by molar-refractivity contribution is 7.89. The van der Waals surface area contributed by atoms with Gasteiger partial charge in [0.2, 0.25) is 10.0 Å². The SMILES string of the molecule is C[C@@H](C(F)(F)F)S(=O)(=O)N(C[C@H](O)c1ccccc1)C1CC1. The third-order valence-corrected chi connectivity index (χ3v) is 5.99. The summed E-state index contributed by atoms with van der Waals surface area (Å²) in [7, 11) is -4.55. The molecule has 1 aromatic rings. The van der Waals surface area contributed by atoms with Crippen LogP contribution in [0.25, 0.3) is 0 Å². The molecular formula is C14H18F3NO3S. The molecule has 1 aliphatic rings. The van der Waals surface area contributed by atoms with E-state index >= 15 is 0 Å². The maximum Gasteiger partial charge on any atom is 0.406 e. The van der Waals surface area contributed by atoms with E-state index in [-0.39, 0.29) is 6.54 Å². The van der Waals surface area contributed by atoms with Gasteiger partial charge in [-0.15, -0.1) is 0 Å². The minimum Gasteiger partial charge on any atom is -0.387 e. The number of alkyl halides is 3. The number of benzene rings is 1. The summed E-state index contributed by atoms with van der Waals surface area (Å²) in [6.07, 6.45) is -4.95. The van der Waals surface area contributed by atoms with Crippen LogP contribution in [0.1, 0.15) is 31.4 Å². The molecule has 1 saturated carbocycles. The molecule has 0 heterocycles. The van der Waals surface area contributed by atoms with Crippen molar-refractivity contribution in [3.63, 3.8) is 0 Å². The van der Waals surface area contributed by atoms with Crippen LogP contribution in [0.3, 0.4) is 0 Å². The van der Waals surface area contributed by atoms with Crippen LogP contribution in [-0.4, -0.2) is 41.8 Å². The van der Waals surface area contributed by atoms with Crippen LogP contribution in [0, 0.1) is 0 Å². The monoisotopic (exact) mass is 337 g/mol. The molecular weight excluding hydrogens is 319 g/mol. The Kier molecular flexibility index (Phi) is 4.84. The van der Waals surface area contributed by atoms with Crippen molar-refractivity contribution in [2.24, 2.45) is 0 Å². The lowest BCUT2D eigenvalue weighted by molar-refractivity contribution is -0.127. The van der Waals surface area contributed by atoms with Crippen molar-refractivity contribution in [3.8, 4) is 0 Å². The van der Waals surface area contributed by atoms with Crippen LogP contribution in [0.2, 0.25) is 0 Å². The number of nitrogens with zero attached hydrogens (tertiary/aromatic N) is 1. The van der Waals surface area contributed by atoms with E-state index in [1.165, 1.54) is 0 Å². The third-order valence-electron chi connectivity index (χ3n) is 3.73. The fourth-order valence-electron chi connectivity index (χ4n) is 2.15. The van der Waals surface area contributed by atoms with Crippen LogP contribution in [0.4, 0.5) is 13.2 Å². The maximum absolute atomic E-state index is 12.8. The molecule has 0 bridgehead atoms. The average molecular weight is 337 g/mol. The summed E-state index contributed by atoms with van der Waals surface area (Å²) < 4.78 is 63.6. The standard InChI is InChI=1S/C14H18F3NO3S/c1-10(14(15,16)17)22(20,21)18(12-7-8-12)9-13(19)11-5-3-2-4-6-11/h2-6,10,12-13,19H,7-9H2,1H3/t10-,13-/m0/s1. The van der Waals surface area contributed by atoms with Gasteiger partial charge in [-0.2, -0.15) is 17.5 Å². The minimum atomic E-state index is -4.83. The van der Waals surface area contributed by atoms with Gasteiger partial charge in [-0.1, -0.05) is 30.3 Å². The molecule has 1 fully saturated rings.